The van der Waals surface area contributed by atoms with Gasteiger partial charge in [0.15, 0.2) is 0 Å². The Morgan fingerprint density at radius 1 is 1.44 bits per heavy atom. The van der Waals surface area contributed by atoms with E-state index >= 15 is 0 Å². The van der Waals surface area contributed by atoms with Crippen LogP contribution in [0, 0.1) is 0 Å². The fourth-order valence-corrected chi connectivity index (χ4v) is 1.19. The smallest absolute Gasteiger partial charge is 0.314 e. The van der Waals surface area contributed by atoms with E-state index < -0.39 is 0 Å². The second-order valence-corrected chi connectivity index (χ2v) is 3.83. The van der Waals surface area contributed by atoms with Gasteiger partial charge in [0, 0.05) is 6.20 Å². The van der Waals surface area contributed by atoms with Crippen LogP contribution in [-0.2, 0) is 0 Å². The van der Waals surface area contributed by atoms with E-state index in [0.29, 0.717) is 10.7 Å². The number of hydrogen-bond donors (Lipinski definition) is 2. The van der Waals surface area contributed by atoms with Gasteiger partial charge in [0.05, 0.1) is 10.7 Å². The molecular formula is C12H15ClN2O. The number of para-hydroxylation sites is 1. The van der Waals surface area contributed by atoms with Gasteiger partial charge in [-0.2, -0.15) is 0 Å². The Hall–Kier alpha value is -1.48. The van der Waals surface area contributed by atoms with Gasteiger partial charge >= 0.3 is 6.03 Å². The molecule has 3 nitrogen and oxygen atoms in total. The van der Waals surface area contributed by atoms with Gasteiger partial charge in [-0.3, -0.25) is 0 Å². The zero-order valence-electron chi connectivity index (χ0n) is 9.38. The molecular weight excluding hydrogens is 224 g/mol. The fourth-order valence-electron chi connectivity index (χ4n) is 1.01. The lowest BCUT2D eigenvalue weighted by molar-refractivity contribution is 0.255. The minimum Gasteiger partial charge on any atom is -0.314 e. The molecule has 2 amide bonds. The van der Waals surface area contributed by atoms with Crippen LogP contribution < -0.4 is 10.6 Å². The molecule has 0 fully saturated rings. The molecule has 0 aliphatic carbocycles. The highest BCUT2D eigenvalue weighted by Gasteiger charge is 2.02. The molecule has 0 saturated carbocycles. The first-order valence-corrected chi connectivity index (χ1v) is 5.49. The summed E-state index contributed by atoms with van der Waals surface area (Å²) in [6, 6.07) is 6.81. The first kappa shape index (κ1) is 12.6. The van der Waals surface area contributed by atoms with E-state index in [2.05, 4.69) is 10.6 Å². The van der Waals surface area contributed by atoms with E-state index in [1.807, 2.05) is 26.0 Å². The van der Waals surface area contributed by atoms with Crippen molar-refractivity contribution in [2.75, 3.05) is 5.32 Å². The van der Waals surface area contributed by atoms with E-state index in [1.165, 1.54) is 0 Å². The van der Waals surface area contributed by atoms with Crippen LogP contribution in [0.4, 0.5) is 10.5 Å². The van der Waals surface area contributed by atoms with Gasteiger partial charge in [-0.25, -0.2) is 4.79 Å². The monoisotopic (exact) mass is 238 g/mol. The van der Waals surface area contributed by atoms with Crippen LogP contribution in [0.2, 0.25) is 5.02 Å². The summed E-state index contributed by atoms with van der Waals surface area (Å²) >= 11 is 5.90. The summed E-state index contributed by atoms with van der Waals surface area (Å²) in [5.74, 6) is 0. The molecule has 1 rings (SSSR count). The number of allylic oxidation sites excluding steroid dienone is 1. The molecule has 4 heteroatoms. The normalized spacial score (nSPS) is 11.1. The van der Waals surface area contributed by atoms with Crippen molar-refractivity contribution >= 4 is 23.3 Å². The molecule has 0 bridgehead atoms. The van der Waals surface area contributed by atoms with E-state index in [1.54, 1.807) is 18.3 Å². The quantitative estimate of drug-likeness (QED) is 0.827. The van der Waals surface area contributed by atoms with Crippen molar-refractivity contribution in [3.63, 3.8) is 0 Å². The van der Waals surface area contributed by atoms with Gasteiger partial charge < -0.3 is 10.6 Å². The molecule has 0 heterocycles. The van der Waals surface area contributed by atoms with Crippen molar-refractivity contribution in [3.05, 3.63) is 41.1 Å². The van der Waals surface area contributed by atoms with Crippen LogP contribution in [0.5, 0.6) is 0 Å². The molecule has 0 aliphatic heterocycles. The number of carbonyl (C=O) groups excluding carboxylic acids is 1. The lowest BCUT2D eigenvalue weighted by atomic mass is 10.3. The standard InChI is InChI=1S/C12H15ClN2O/c1-3-9(2)8-14-12(16)15-11-7-5-4-6-10(11)13/h4-8H,3H2,1-2H3,(H2,14,15,16)/b9-8+. The molecule has 0 aromatic heterocycles. The molecule has 0 radical (unpaired) electrons. The third kappa shape index (κ3) is 3.95. The molecule has 0 saturated heterocycles. The number of carbonyl (C=O) groups is 1. The van der Waals surface area contributed by atoms with Crippen LogP contribution in [0.3, 0.4) is 0 Å². The van der Waals surface area contributed by atoms with Crippen LogP contribution in [0.15, 0.2) is 36.0 Å². The largest absolute Gasteiger partial charge is 0.323 e. The zero-order valence-corrected chi connectivity index (χ0v) is 10.1. The van der Waals surface area contributed by atoms with Gasteiger partial charge in [-0.15, -0.1) is 0 Å². The summed E-state index contributed by atoms with van der Waals surface area (Å²) in [4.78, 5) is 11.5. The Morgan fingerprint density at radius 3 is 2.75 bits per heavy atom. The highest BCUT2D eigenvalue weighted by Crippen LogP contribution is 2.19. The summed E-state index contributed by atoms with van der Waals surface area (Å²) in [5, 5.41) is 5.82. The minimum atomic E-state index is -0.291. The van der Waals surface area contributed by atoms with Crippen molar-refractivity contribution in [3.8, 4) is 0 Å². The topological polar surface area (TPSA) is 41.1 Å². The maximum Gasteiger partial charge on any atom is 0.323 e. The summed E-state index contributed by atoms with van der Waals surface area (Å²) in [6.07, 6.45) is 2.60. The molecule has 0 unspecified atom stereocenters. The van der Waals surface area contributed by atoms with Crippen molar-refractivity contribution in [2.24, 2.45) is 0 Å². The number of amides is 2. The second kappa shape index (κ2) is 6.18. The predicted octanol–water partition coefficient (Wildman–Crippen LogP) is 3.78. The third-order valence-electron chi connectivity index (χ3n) is 2.13. The lowest BCUT2D eigenvalue weighted by Gasteiger charge is -2.06. The van der Waals surface area contributed by atoms with E-state index in [9.17, 15) is 4.79 Å². The van der Waals surface area contributed by atoms with E-state index in [-0.39, 0.29) is 6.03 Å². The average molecular weight is 239 g/mol. The summed E-state index contributed by atoms with van der Waals surface area (Å²) < 4.78 is 0. The number of benzene rings is 1. The molecule has 1 aromatic carbocycles. The Bertz CT molecular complexity index is 402. The van der Waals surface area contributed by atoms with E-state index in [4.69, 9.17) is 11.6 Å². The van der Waals surface area contributed by atoms with Gasteiger partial charge in [0.1, 0.15) is 0 Å². The van der Waals surface area contributed by atoms with Gasteiger partial charge in [-0.1, -0.05) is 36.2 Å². The van der Waals surface area contributed by atoms with Crippen molar-refractivity contribution in [1.29, 1.82) is 0 Å². The highest BCUT2D eigenvalue weighted by molar-refractivity contribution is 6.33. The number of rotatable bonds is 3. The van der Waals surface area contributed by atoms with Gasteiger partial charge in [0.25, 0.3) is 0 Å². The molecule has 1 aromatic rings. The second-order valence-electron chi connectivity index (χ2n) is 3.42. The Labute approximate surface area is 100 Å². The number of hydrogen-bond acceptors (Lipinski definition) is 1. The van der Waals surface area contributed by atoms with Crippen LogP contribution in [0.1, 0.15) is 20.3 Å². The van der Waals surface area contributed by atoms with Crippen LogP contribution in [-0.4, -0.2) is 6.03 Å². The lowest BCUT2D eigenvalue weighted by Crippen LogP contribution is -2.24. The Balaban J connectivity index is 2.56. The summed E-state index contributed by atoms with van der Waals surface area (Å²) in [5.41, 5.74) is 1.71. The minimum absolute atomic E-state index is 0.291. The molecule has 2 N–H and O–H groups in total. The van der Waals surface area contributed by atoms with Crippen molar-refractivity contribution in [2.45, 2.75) is 20.3 Å². The van der Waals surface area contributed by atoms with Crippen LogP contribution >= 0.6 is 11.6 Å². The molecule has 16 heavy (non-hydrogen) atoms. The number of urea groups is 1. The SMILES string of the molecule is CC/C(C)=C/NC(=O)Nc1ccccc1Cl. The maximum atomic E-state index is 11.5. The van der Waals surface area contributed by atoms with Gasteiger partial charge in [0.2, 0.25) is 0 Å². The highest BCUT2D eigenvalue weighted by atomic mass is 35.5. The summed E-state index contributed by atoms with van der Waals surface area (Å²) in [6.45, 7) is 3.98. The predicted molar refractivity (Wildman–Crippen MR) is 67.7 cm³/mol. The molecule has 0 spiro atoms. The third-order valence-corrected chi connectivity index (χ3v) is 2.46. The number of halogens is 1. The Morgan fingerprint density at radius 2 is 2.12 bits per heavy atom. The Kier molecular flexibility index (Phi) is 4.86. The first-order chi connectivity index (χ1) is 7.63. The molecule has 0 atom stereocenters. The van der Waals surface area contributed by atoms with E-state index in [0.717, 1.165) is 12.0 Å². The molecule has 86 valence electrons. The first-order valence-electron chi connectivity index (χ1n) is 5.11. The number of nitrogens with one attached hydrogen (secondary N) is 2. The maximum absolute atomic E-state index is 11.5. The fraction of sp³-hybridized carbons (Fsp3) is 0.250. The van der Waals surface area contributed by atoms with Crippen LogP contribution in [0.25, 0.3) is 0 Å². The van der Waals surface area contributed by atoms with Crippen molar-refractivity contribution < 1.29 is 4.79 Å². The molecule has 0 aliphatic rings. The summed E-state index contributed by atoms with van der Waals surface area (Å²) in [7, 11) is 0. The average Bonchev–Trinajstić information content (AvgIpc) is 2.29. The zero-order chi connectivity index (χ0) is 12.0. The van der Waals surface area contributed by atoms with Crippen molar-refractivity contribution in [1.82, 2.24) is 5.32 Å². The number of anilines is 1. The van der Waals surface area contributed by atoms with Gasteiger partial charge in [-0.05, 0) is 25.5 Å².